The molecule has 0 fully saturated rings. The number of nitrogens with zero attached hydrogens (tertiary/aromatic N) is 2. The molecule has 0 saturated heterocycles. The van der Waals surface area contributed by atoms with E-state index in [9.17, 15) is 4.79 Å². The fourth-order valence-electron chi connectivity index (χ4n) is 1.45. The molecule has 1 aromatic carbocycles. The first-order valence-electron chi connectivity index (χ1n) is 5.20. The van der Waals surface area contributed by atoms with Gasteiger partial charge < -0.3 is 13.9 Å². The Hall–Kier alpha value is -2.61. The van der Waals surface area contributed by atoms with Gasteiger partial charge in [-0.25, -0.2) is 5.48 Å². The molecule has 1 heterocycles. The molecule has 0 aliphatic carbocycles. The van der Waals surface area contributed by atoms with Crippen LogP contribution in [0.2, 0.25) is 0 Å². The van der Waals surface area contributed by atoms with Crippen LogP contribution in [-0.4, -0.2) is 35.5 Å². The standard InChI is InChI=1S/C11H11N3O5/c1-17-6-3-4-7(8(5-6)18-2)10-12-13-11(19-10)9(15)14-16/h3-5,16H,1-2H3,(H,14,15). The third-order valence-corrected chi connectivity index (χ3v) is 2.36. The highest BCUT2D eigenvalue weighted by atomic mass is 16.5. The van der Waals surface area contributed by atoms with E-state index in [1.54, 1.807) is 18.2 Å². The van der Waals surface area contributed by atoms with Crippen molar-refractivity contribution in [2.75, 3.05) is 14.2 Å². The molecule has 0 aliphatic rings. The molecule has 0 atom stereocenters. The fraction of sp³-hybridized carbons (Fsp3) is 0.182. The lowest BCUT2D eigenvalue weighted by atomic mass is 10.2. The lowest BCUT2D eigenvalue weighted by Gasteiger charge is -2.07. The van der Waals surface area contributed by atoms with E-state index in [4.69, 9.17) is 19.1 Å². The minimum atomic E-state index is -0.883. The van der Waals surface area contributed by atoms with Gasteiger partial charge in [-0.05, 0) is 12.1 Å². The number of aromatic nitrogens is 2. The van der Waals surface area contributed by atoms with Gasteiger partial charge in [-0.3, -0.25) is 10.0 Å². The molecule has 1 aromatic heterocycles. The van der Waals surface area contributed by atoms with Crippen LogP contribution in [0.15, 0.2) is 22.6 Å². The fourth-order valence-corrected chi connectivity index (χ4v) is 1.45. The lowest BCUT2D eigenvalue weighted by Crippen LogP contribution is -2.18. The van der Waals surface area contributed by atoms with Crippen LogP contribution in [0.25, 0.3) is 11.5 Å². The van der Waals surface area contributed by atoms with Gasteiger partial charge in [0, 0.05) is 6.07 Å². The summed E-state index contributed by atoms with van der Waals surface area (Å²) in [6.45, 7) is 0. The van der Waals surface area contributed by atoms with Gasteiger partial charge in [0.1, 0.15) is 11.5 Å². The molecule has 0 spiro atoms. The van der Waals surface area contributed by atoms with E-state index in [1.807, 2.05) is 0 Å². The largest absolute Gasteiger partial charge is 0.497 e. The number of ether oxygens (including phenoxy) is 2. The highest BCUT2D eigenvalue weighted by molar-refractivity contribution is 5.88. The van der Waals surface area contributed by atoms with Gasteiger partial charge in [0.25, 0.3) is 5.89 Å². The van der Waals surface area contributed by atoms with E-state index in [-0.39, 0.29) is 11.8 Å². The summed E-state index contributed by atoms with van der Waals surface area (Å²) in [5.41, 5.74) is 1.91. The van der Waals surface area contributed by atoms with Gasteiger partial charge >= 0.3 is 11.8 Å². The first-order chi connectivity index (χ1) is 9.19. The van der Waals surface area contributed by atoms with Crippen molar-refractivity contribution in [2.45, 2.75) is 0 Å². The maximum atomic E-state index is 11.1. The lowest BCUT2D eigenvalue weighted by molar-refractivity contribution is 0.0669. The predicted octanol–water partition coefficient (Wildman–Crippen LogP) is 0.873. The van der Waals surface area contributed by atoms with E-state index in [0.29, 0.717) is 17.1 Å². The van der Waals surface area contributed by atoms with Gasteiger partial charge in [-0.15, -0.1) is 10.2 Å². The van der Waals surface area contributed by atoms with Crippen molar-refractivity contribution in [1.82, 2.24) is 15.7 Å². The van der Waals surface area contributed by atoms with E-state index in [2.05, 4.69) is 10.2 Å². The average molecular weight is 265 g/mol. The number of methoxy groups -OCH3 is 2. The molecule has 8 nitrogen and oxygen atoms in total. The Kier molecular flexibility index (Phi) is 3.62. The van der Waals surface area contributed by atoms with Crippen LogP contribution in [0.3, 0.4) is 0 Å². The van der Waals surface area contributed by atoms with Crippen molar-refractivity contribution in [2.24, 2.45) is 0 Å². The summed E-state index contributed by atoms with van der Waals surface area (Å²) >= 11 is 0. The smallest absolute Gasteiger partial charge is 0.332 e. The second-order valence-corrected chi connectivity index (χ2v) is 3.42. The van der Waals surface area contributed by atoms with E-state index in [0.717, 1.165) is 0 Å². The molecule has 19 heavy (non-hydrogen) atoms. The van der Waals surface area contributed by atoms with Gasteiger partial charge in [0.2, 0.25) is 0 Å². The summed E-state index contributed by atoms with van der Waals surface area (Å²) in [5.74, 6) is -0.0768. The number of nitrogens with one attached hydrogen (secondary N) is 1. The van der Waals surface area contributed by atoms with Crippen molar-refractivity contribution >= 4 is 5.91 Å². The van der Waals surface area contributed by atoms with Crippen molar-refractivity contribution in [1.29, 1.82) is 0 Å². The molecule has 2 aromatic rings. The van der Waals surface area contributed by atoms with E-state index in [1.165, 1.54) is 19.7 Å². The van der Waals surface area contributed by atoms with Crippen molar-refractivity contribution in [3.05, 3.63) is 24.1 Å². The van der Waals surface area contributed by atoms with Gasteiger partial charge in [0.15, 0.2) is 0 Å². The third-order valence-electron chi connectivity index (χ3n) is 2.36. The van der Waals surface area contributed by atoms with Crippen LogP contribution in [0.1, 0.15) is 10.7 Å². The number of benzene rings is 1. The van der Waals surface area contributed by atoms with Crippen LogP contribution < -0.4 is 15.0 Å². The van der Waals surface area contributed by atoms with Crippen LogP contribution in [-0.2, 0) is 0 Å². The SMILES string of the molecule is COc1ccc(-c2nnc(C(=O)NO)o2)c(OC)c1. The van der Waals surface area contributed by atoms with Crippen LogP contribution in [0, 0.1) is 0 Å². The second kappa shape index (κ2) is 5.36. The molecular formula is C11H11N3O5. The molecule has 0 aliphatic heterocycles. The van der Waals surface area contributed by atoms with Crippen LogP contribution in [0.5, 0.6) is 11.5 Å². The Morgan fingerprint density at radius 2 is 2.11 bits per heavy atom. The monoisotopic (exact) mass is 265 g/mol. The summed E-state index contributed by atoms with van der Waals surface area (Å²) in [4.78, 5) is 11.1. The summed E-state index contributed by atoms with van der Waals surface area (Å²) < 4.78 is 15.4. The molecule has 0 saturated carbocycles. The molecule has 100 valence electrons. The zero-order valence-corrected chi connectivity index (χ0v) is 10.2. The van der Waals surface area contributed by atoms with E-state index < -0.39 is 5.91 Å². The number of carbonyl (C=O) groups is 1. The number of carbonyl (C=O) groups excluding carboxylic acids is 1. The molecule has 0 radical (unpaired) electrons. The van der Waals surface area contributed by atoms with Gasteiger partial charge in [-0.2, -0.15) is 0 Å². The number of hydroxylamine groups is 1. The van der Waals surface area contributed by atoms with Gasteiger partial charge in [0.05, 0.1) is 19.8 Å². The first kappa shape index (κ1) is 12.8. The number of hydrogen-bond donors (Lipinski definition) is 2. The molecule has 2 rings (SSSR count). The molecule has 2 N–H and O–H groups in total. The first-order valence-corrected chi connectivity index (χ1v) is 5.20. The molecule has 8 heteroatoms. The summed E-state index contributed by atoms with van der Waals surface area (Å²) in [6, 6.07) is 4.99. The molecule has 0 bridgehead atoms. The summed E-state index contributed by atoms with van der Waals surface area (Å²) in [5, 5.41) is 15.7. The Balaban J connectivity index is 2.41. The average Bonchev–Trinajstić information content (AvgIpc) is 2.95. The maximum Gasteiger partial charge on any atom is 0.332 e. The highest BCUT2D eigenvalue weighted by Gasteiger charge is 2.18. The number of hydrogen-bond acceptors (Lipinski definition) is 7. The predicted molar refractivity (Wildman–Crippen MR) is 62.1 cm³/mol. The van der Waals surface area contributed by atoms with Crippen molar-refractivity contribution in [3.8, 4) is 23.0 Å². The topological polar surface area (TPSA) is 107 Å². The Morgan fingerprint density at radius 3 is 2.74 bits per heavy atom. The number of amides is 1. The van der Waals surface area contributed by atoms with E-state index >= 15 is 0 Å². The van der Waals surface area contributed by atoms with Crippen LogP contribution >= 0.6 is 0 Å². The Morgan fingerprint density at radius 1 is 1.32 bits per heavy atom. The zero-order valence-electron chi connectivity index (χ0n) is 10.2. The molecular weight excluding hydrogens is 254 g/mol. The number of rotatable bonds is 4. The molecule has 0 unspecified atom stereocenters. The summed E-state index contributed by atoms with van der Waals surface area (Å²) in [6.07, 6.45) is 0. The van der Waals surface area contributed by atoms with Crippen LogP contribution in [0.4, 0.5) is 0 Å². The van der Waals surface area contributed by atoms with Crippen molar-refractivity contribution in [3.63, 3.8) is 0 Å². The Labute approximate surface area is 107 Å². The molecule has 1 amide bonds. The highest BCUT2D eigenvalue weighted by Crippen LogP contribution is 2.32. The summed E-state index contributed by atoms with van der Waals surface area (Å²) in [7, 11) is 3.01. The van der Waals surface area contributed by atoms with Crippen molar-refractivity contribution < 1.29 is 23.9 Å². The van der Waals surface area contributed by atoms with Gasteiger partial charge in [-0.1, -0.05) is 0 Å². The minimum Gasteiger partial charge on any atom is -0.497 e. The quantitative estimate of drug-likeness (QED) is 0.624. The Bertz CT molecular complexity index is 596. The second-order valence-electron chi connectivity index (χ2n) is 3.42. The maximum absolute atomic E-state index is 11.1. The normalized spacial score (nSPS) is 10.1. The third kappa shape index (κ3) is 2.47. The zero-order chi connectivity index (χ0) is 13.8. The minimum absolute atomic E-state index is 0.0955.